The van der Waals surface area contributed by atoms with Crippen LogP contribution in [0.25, 0.3) is 0 Å². The predicted octanol–water partition coefficient (Wildman–Crippen LogP) is 4.34. The lowest BCUT2D eigenvalue weighted by molar-refractivity contribution is -0.138. The van der Waals surface area contributed by atoms with Gasteiger partial charge in [0.1, 0.15) is 0 Å². The summed E-state index contributed by atoms with van der Waals surface area (Å²) in [5.74, 6) is -0.531. The molecule has 37 heavy (non-hydrogen) atoms. The van der Waals surface area contributed by atoms with Crippen molar-refractivity contribution in [2.24, 2.45) is 5.73 Å². The van der Waals surface area contributed by atoms with Crippen LogP contribution in [0, 0.1) is 0 Å². The zero-order valence-corrected chi connectivity index (χ0v) is 21.6. The maximum atomic E-state index is 13.6. The highest BCUT2D eigenvalue weighted by molar-refractivity contribution is 5.95. The highest BCUT2D eigenvalue weighted by atomic mass is 35.5. The number of carbonyl (C=O) groups is 2. The molecule has 2 N–H and O–H groups in total. The van der Waals surface area contributed by atoms with Crippen LogP contribution in [-0.2, 0) is 11.0 Å². The van der Waals surface area contributed by atoms with E-state index >= 15 is 0 Å². The van der Waals surface area contributed by atoms with Crippen LogP contribution in [0.5, 0.6) is 0 Å². The van der Waals surface area contributed by atoms with Crippen molar-refractivity contribution in [3.8, 4) is 0 Å². The summed E-state index contributed by atoms with van der Waals surface area (Å²) < 4.78 is 42.6. The molecule has 3 heterocycles. The SMILES string of the molecule is CC(C(N)=O)N1CCC(n2ncc(C(=O)N3CC[C@@H](c4ccccc4C(F)(F)F)C3)c2C2CC2)CC1.Cl. The first-order chi connectivity index (χ1) is 17.1. The standard InChI is InChI=1S/C26H32F3N5O2.ClH/c1-16(24(30)35)32-12-9-19(10-13-32)34-23(17-6-7-17)21(14-31-34)25(36)33-11-8-18(15-33)20-4-2-3-5-22(20)26(27,28)29;/h2-5,14,16-19H,6-13,15H2,1H3,(H2,30,35);1H/t16?,18-;/m1./s1. The number of piperidine rings is 1. The van der Waals surface area contributed by atoms with E-state index in [1.165, 1.54) is 12.1 Å². The number of hydrogen-bond donors (Lipinski definition) is 1. The highest BCUT2D eigenvalue weighted by Crippen LogP contribution is 2.44. The molecule has 2 aromatic rings. The first-order valence-corrected chi connectivity index (χ1v) is 12.7. The Bertz CT molecular complexity index is 1140. The molecule has 11 heteroatoms. The van der Waals surface area contributed by atoms with E-state index in [9.17, 15) is 22.8 Å². The third kappa shape index (κ3) is 5.50. The van der Waals surface area contributed by atoms with Crippen molar-refractivity contribution in [2.75, 3.05) is 26.2 Å². The summed E-state index contributed by atoms with van der Waals surface area (Å²) in [4.78, 5) is 28.9. The zero-order valence-electron chi connectivity index (χ0n) is 20.8. The van der Waals surface area contributed by atoms with Gasteiger partial charge in [-0.1, -0.05) is 18.2 Å². The van der Waals surface area contributed by atoms with Gasteiger partial charge in [-0.25, -0.2) is 0 Å². The van der Waals surface area contributed by atoms with Crippen molar-refractivity contribution < 1.29 is 22.8 Å². The molecule has 2 atom stereocenters. The van der Waals surface area contributed by atoms with E-state index in [4.69, 9.17) is 5.73 Å². The van der Waals surface area contributed by atoms with Crippen molar-refractivity contribution in [1.29, 1.82) is 0 Å². The van der Waals surface area contributed by atoms with Crippen LogP contribution in [0.2, 0.25) is 0 Å². The highest BCUT2D eigenvalue weighted by Gasteiger charge is 2.40. The van der Waals surface area contributed by atoms with Crippen molar-refractivity contribution in [3.05, 3.63) is 52.8 Å². The molecule has 0 spiro atoms. The number of rotatable bonds is 6. The Morgan fingerprint density at radius 1 is 1.03 bits per heavy atom. The van der Waals surface area contributed by atoms with E-state index < -0.39 is 11.7 Å². The van der Waals surface area contributed by atoms with Gasteiger partial charge in [0.2, 0.25) is 5.91 Å². The number of hydrogen-bond acceptors (Lipinski definition) is 4. The Morgan fingerprint density at radius 2 is 1.70 bits per heavy atom. The number of carbonyl (C=O) groups excluding carboxylic acids is 2. The molecule has 2 amide bonds. The molecule has 1 aromatic carbocycles. The summed E-state index contributed by atoms with van der Waals surface area (Å²) >= 11 is 0. The number of aromatic nitrogens is 2. The van der Waals surface area contributed by atoms with Crippen LogP contribution in [0.1, 0.15) is 84.1 Å². The van der Waals surface area contributed by atoms with E-state index in [0.717, 1.165) is 50.5 Å². The molecule has 1 saturated carbocycles. The molecule has 1 aliphatic carbocycles. The fourth-order valence-electron chi connectivity index (χ4n) is 5.77. The van der Waals surface area contributed by atoms with Gasteiger partial charge >= 0.3 is 6.18 Å². The molecule has 3 aliphatic rings. The Morgan fingerprint density at radius 3 is 2.32 bits per heavy atom. The first-order valence-electron chi connectivity index (χ1n) is 12.7. The third-order valence-corrected chi connectivity index (χ3v) is 8.01. The number of alkyl halides is 3. The fourth-order valence-corrected chi connectivity index (χ4v) is 5.77. The normalized spacial score (nSPS) is 22.1. The Hall–Kier alpha value is -2.59. The second-order valence-corrected chi connectivity index (χ2v) is 10.3. The molecule has 1 aromatic heterocycles. The molecular weight excluding hydrogens is 507 g/mol. The summed E-state index contributed by atoms with van der Waals surface area (Å²) in [6.07, 6.45) is 1.36. The maximum absolute atomic E-state index is 13.6. The Labute approximate surface area is 220 Å². The second kappa shape index (κ2) is 10.6. The van der Waals surface area contributed by atoms with Gasteiger partial charge in [-0.2, -0.15) is 18.3 Å². The van der Waals surface area contributed by atoms with Crippen LogP contribution < -0.4 is 5.73 Å². The molecule has 0 bridgehead atoms. The van der Waals surface area contributed by atoms with E-state index in [-0.39, 0.29) is 54.3 Å². The van der Waals surface area contributed by atoms with E-state index in [0.29, 0.717) is 24.4 Å². The lowest BCUT2D eigenvalue weighted by Gasteiger charge is -2.35. The molecule has 0 radical (unpaired) electrons. The lowest BCUT2D eigenvalue weighted by atomic mass is 9.93. The fraction of sp³-hybridized carbons (Fsp3) is 0.577. The van der Waals surface area contributed by atoms with E-state index in [1.54, 1.807) is 17.2 Å². The van der Waals surface area contributed by atoms with Gasteiger partial charge in [0.05, 0.1) is 35.1 Å². The minimum Gasteiger partial charge on any atom is -0.368 e. The summed E-state index contributed by atoms with van der Waals surface area (Å²) in [5.41, 5.74) is 6.64. The number of halogens is 4. The van der Waals surface area contributed by atoms with Gasteiger partial charge in [-0.15, -0.1) is 12.4 Å². The topological polar surface area (TPSA) is 84.5 Å². The smallest absolute Gasteiger partial charge is 0.368 e. The van der Waals surface area contributed by atoms with Gasteiger partial charge < -0.3 is 10.6 Å². The largest absolute Gasteiger partial charge is 0.416 e. The predicted molar refractivity (Wildman–Crippen MR) is 135 cm³/mol. The number of primary amides is 1. The second-order valence-electron chi connectivity index (χ2n) is 10.3. The van der Waals surface area contributed by atoms with Crippen molar-refractivity contribution in [1.82, 2.24) is 19.6 Å². The lowest BCUT2D eigenvalue weighted by Crippen LogP contribution is -2.46. The molecule has 202 valence electrons. The minimum absolute atomic E-state index is 0. The van der Waals surface area contributed by atoms with Crippen molar-refractivity contribution in [2.45, 2.75) is 69.1 Å². The van der Waals surface area contributed by atoms with Crippen LogP contribution in [0.3, 0.4) is 0 Å². The average Bonchev–Trinajstić information content (AvgIpc) is 3.40. The average molecular weight is 540 g/mol. The zero-order chi connectivity index (χ0) is 25.6. The van der Waals surface area contributed by atoms with E-state index in [2.05, 4.69) is 10.00 Å². The summed E-state index contributed by atoms with van der Waals surface area (Å²) in [5, 5.41) is 4.63. The first kappa shape index (κ1) is 27.4. The summed E-state index contributed by atoms with van der Waals surface area (Å²) in [6.45, 7) is 3.97. The monoisotopic (exact) mass is 539 g/mol. The van der Waals surface area contributed by atoms with Gasteiger partial charge in [0.15, 0.2) is 0 Å². The quantitative estimate of drug-likeness (QED) is 0.592. The van der Waals surface area contributed by atoms with Crippen LogP contribution >= 0.6 is 12.4 Å². The minimum atomic E-state index is -4.42. The van der Waals surface area contributed by atoms with Crippen LogP contribution in [-0.4, -0.2) is 63.6 Å². The third-order valence-electron chi connectivity index (χ3n) is 8.01. The molecule has 7 nitrogen and oxygen atoms in total. The molecule has 2 aliphatic heterocycles. The van der Waals surface area contributed by atoms with Crippen molar-refractivity contribution >= 4 is 24.2 Å². The summed E-state index contributed by atoms with van der Waals surface area (Å²) in [7, 11) is 0. The Kier molecular flexibility index (Phi) is 7.90. The van der Waals surface area contributed by atoms with Crippen LogP contribution in [0.15, 0.2) is 30.5 Å². The van der Waals surface area contributed by atoms with Crippen molar-refractivity contribution in [3.63, 3.8) is 0 Å². The molecule has 5 rings (SSSR count). The number of nitrogens with two attached hydrogens (primary N) is 1. The molecule has 1 unspecified atom stereocenters. The van der Waals surface area contributed by atoms with Gasteiger partial charge in [0.25, 0.3) is 5.91 Å². The number of benzene rings is 1. The number of amides is 2. The van der Waals surface area contributed by atoms with Gasteiger partial charge in [-0.3, -0.25) is 19.2 Å². The van der Waals surface area contributed by atoms with Gasteiger partial charge in [0, 0.05) is 38.0 Å². The molecular formula is C26H33ClF3N5O2. The maximum Gasteiger partial charge on any atom is 0.416 e. The number of nitrogens with zero attached hydrogens (tertiary/aromatic N) is 4. The number of likely N-dealkylation sites (tertiary alicyclic amines) is 2. The van der Waals surface area contributed by atoms with Gasteiger partial charge in [-0.05, 0) is 50.7 Å². The van der Waals surface area contributed by atoms with Crippen LogP contribution in [0.4, 0.5) is 13.2 Å². The molecule has 2 saturated heterocycles. The molecule has 3 fully saturated rings. The van der Waals surface area contributed by atoms with E-state index in [1.807, 2.05) is 11.6 Å². The Balaban J connectivity index is 0.00000320. The summed E-state index contributed by atoms with van der Waals surface area (Å²) in [6, 6.07) is 5.50.